The fourth-order valence-corrected chi connectivity index (χ4v) is 4.62. The fraction of sp³-hybridized carbons (Fsp3) is 0.125. The Kier molecular flexibility index (Phi) is 6.84. The lowest BCUT2D eigenvalue weighted by molar-refractivity contribution is -0.115. The molecule has 1 unspecified atom stereocenters. The Labute approximate surface area is 199 Å². The minimum absolute atomic E-state index is 0.183. The second-order valence-corrected chi connectivity index (χ2v) is 9.03. The van der Waals surface area contributed by atoms with Crippen molar-refractivity contribution in [3.8, 4) is 5.69 Å². The first kappa shape index (κ1) is 22.4. The van der Waals surface area contributed by atoms with Gasteiger partial charge in [0, 0.05) is 5.02 Å². The van der Waals surface area contributed by atoms with Crippen molar-refractivity contribution in [3.63, 3.8) is 0 Å². The van der Waals surface area contributed by atoms with Crippen LogP contribution in [-0.4, -0.2) is 20.7 Å². The van der Waals surface area contributed by atoms with Crippen LogP contribution >= 0.6 is 35.0 Å². The third-order valence-corrected chi connectivity index (χ3v) is 6.74. The number of hydrogen-bond donors (Lipinski definition) is 1. The van der Waals surface area contributed by atoms with Crippen LogP contribution in [0.15, 0.2) is 82.7 Å². The molecule has 0 aliphatic carbocycles. The van der Waals surface area contributed by atoms with E-state index < -0.39 is 5.25 Å². The minimum Gasteiger partial charge on any atom is -0.324 e. The zero-order valence-corrected chi connectivity index (χ0v) is 19.4. The number of carbonyl (C=O) groups excluding carboxylic acids is 1. The summed E-state index contributed by atoms with van der Waals surface area (Å²) in [7, 11) is 0. The fourth-order valence-electron chi connectivity index (χ4n) is 3.25. The van der Waals surface area contributed by atoms with Gasteiger partial charge in [-0.3, -0.25) is 14.2 Å². The molecule has 1 heterocycles. The van der Waals surface area contributed by atoms with E-state index in [0.717, 1.165) is 0 Å². The second kappa shape index (κ2) is 9.77. The van der Waals surface area contributed by atoms with Gasteiger partial charge < -0.3 is 5.32 Å². The smallest absolute Gasteiger partial charge is 0.266 e. The summed E-state index contributed by atoms with van der Waals surface area (Å²) in [5.41, 5.74) is 1.53. The Morgan fingerprint density at radius 1 is 1.06 bits per heavy atom. The monoisotopic (exact) mass is 483 g/mol. The van der Waals surface area contributed by atoms with Gasteiger partial charge in [-0.05, 0) is 48.9 Å². The number of benzene rings is 3. The highest BCUT2D eigenvalue weighted by atomic mass is 35.5. The number of aromatic nitrogens is 2. The second-order valence-electron chi connectivity index (χ2n) is 7.02. The number of thioether (sulfide) groups is 1. The number of amides is 1. The largest absolute Gasteiger partial charge is 0.324 e. The summed E-state index contributed by atoms with van der Waals surface area (Å²) in [6.07, 6.45) is 0.520. The Hall–Kier alpha value is -2.80. The van der Waals surface area contributed by atoms with E-state index in [4.69, 9.17) is 28.2 Å². The van der Waals surface area contributed by atoms with Crippen LogP contribution in [-0.2, 0) is 4.79 Å². The van der Waals surface area contributed by atoms with Gasteiger partial charge >= 0.3 is 0 Å². The molecular formula is C24H19Cl2N3O2S. The number of carbonyl (C=O) groups is 1. The van der Waals surface area contributed by atoms with Gasteiger partial charge in [-0.15, -0.1) is 0 Å². The quantitative estimate of drug-likeness (QED) is 0.261. The number of anilines is 1. The van der Waals surface area contributed by atoms with Gasteiger partial charge in [0.25, 0.3) is 5.56 Å². The molecule has 1 aromatic heterocycles. The first-order valence-electron chi connectivity index (χ1n) is 9.97. The topological polar surface area (TPSA) is 64.0 Å². The summed E-state index contributed by atoms with van der Waals surface area (Å²) in [6.45, 7) is 1.91. The molecule has 8 heteroatoms. The van der Waals surface area contributed by atoms with Crippen LogP contribution in [0.1, 0.15) is 13.3 Å². The highest BCUT2D eigenvalue weighted by Gasteiger charge is 2.23. The van der Waals surface area contributed by atoms with Crippen LogP contribution in [0.4, 0.5) is 5.69 Å². The van der Waals surface area contributed by atoms with Crippen LogP contribution < -0.4 is 10.9 Å². The van der Waals surface area contributed by atoms with E-state index in [2.05, 4.69) is 5.32 Å². The van der Waals surface area contributed by atoms with Crippen molar-refractivity contribution in [1.29, 1.82) is 0 Å². The summed E-state index contributed by atoms with van der Waals surface area (Å²) < 4.78 is 1.55. The number of fused-ring (bicyclic) bond motifs is 1. The maximum absolute atomic E-state index is 13.3. The van der Waals surface area contributed by atoms with Crippen molar-refractivity contribution in [2.24, 2.45) is 0 Å². The Bertz CT molecular complexity index is 1340. The van der Waals surface area contributed by atoms with Gasteiger partial charge in [0.2, 0.25) is 5.91 Å². The van der Waals surface area contributed by atoms with E-state index in [1.165, 1.54) is 11.8 Å². The van der Waals surface area contributed by atoms with E-state index in [1.807, 2.05) is 49.4 Å². The first-order valence-corrected chi connectivity index (χ1v) is 11.6. The molecule has 0 saturated carbocycles. The van der Waals surface area contributed by atoms with Gasteiger partial charge in [0.15, 0.2) is 5.16 Å². The maximum atomic E-state index is 13.3. The number of rotatable bonds is 6. The lowest BCUT2D eigenvalue weighted by atomic mass is 10.2. The molecular weight excluding hydrogens is 465 g/mol. The van der Waals surface area contributed by atoms with Crippen molar-refractivity contribution in [2.45, 2.75) is 23.8 Å². The lowest BCUT2D eigenvalue weighted by Crippen LogP contribution is -2.27. The number of nitrogens with zero attached hydrogens (tertiary/aromatic N) is 2. The molecule has 4 rings (SSSR count). The van der Waals surface area contributed by atoms with E-state index >= 15 is 0 Å². The molecule has 162 valence electrons. The first-order chi connectivity index (χ1) is 15.5. The molecule has 5 nitrogen and oxygen atoms in total. The van der Waals surface area contributed by atoms with Crippen LogP contribution in [0.2, 0.25) is 10.0 Å². The number of hydrogen-bond acceptors (Lipinski definition) is 4. The van der Waals surface area contributed by atoms with E-state index in [9.17, 15) is 9.59 Å². The van der Waals surface area contributed by atoms with Crippen LogP contribution in [0.5, 0.6) is 0 Å². The van der Waals surface area contributed by atoms with Crippen molar-refractivity contribution in [2.75, 3.05) is 5.32 Å². The van der Waals surface area contributed by atoms with Gasteiger partial charge in [0.05, 0.1) is 32.6 Å². The van der Waals surface area contributed by atoms with Crippen molar-refractivity contribution >= 4 is 57.5 Å². The Balaban J connectivity index is 1.74. The summed E-state index contributed by atoms with van der Waals surface area (Å²) in [4.78, 5) is 31.1. The molecule has 0 radical (unpaired) electrons. The summed E-state index contributed by atoms with van der Waals surface area (Å²) in [5, 5.41) is 4.16. The minimum atomic E-state index is -0.506. The van der Waals surface area contributed by atoms with Crippen LogP contribution in [0.3, 0.4) is 0 Å². The van der Waals surface area contributed by atoms with Crippen LogP contribution in [0, 0.1) is 0 Å². The highest BCUT2D eigenvalue weighted by Crippen LogP contribution is 2.30. The molecule has 0 fully saturated rings. The van der Waals surface area contributed by atoms with Crippen molar-refractivity contribution in [3.05, 3.63) is 93.2 Å². The molecule has 1 N–H and O–H groups in total. The molecule has 4 aromatic rings. The maximum Gasteiger partial charge on any atom is 0.266 e. The summed E-state index contributed by atoms with van der Waals surface area (Å²) in [6, 6.07) is 21.4. The van der Waals surface area contributed by atoms with E-state index in [0.29, 0.717) is 43.9 Å². The average molecular weight is 484 g/mol. The number of para-hydroxylation sites is 2. The van der Waals surface area contributed by atoms with Gasteiger partial charge in [-0.25, -0.2) is 4.98 Å². The number of nitrogens with one attached hydrogen (secondary N) is 1. The predicted octanol–water partition coefficient (Wildman–Crippen LogP) is 6.20. The molecule has 0 aliphatic heterocycles. The van der Waals surface area contributed by atoms with E-state index in [-0.39, 0.29) is 11.5 Å². The summed E-state index contributed by atoms with van der Waals surface area (Å²) in [5.74, 6) is -0.247. The highest BCUT2D eigenvalue weighted by molar-refractivity contribution is 8.00. The Morgan fingerprint density at radius 3 is 2.53 bits per heavy atom. The van der Waals surface area contributed by atoms with Crippen molar-refractivity contribution < 1.29 is 4.79 Å². The van der Waals surface area contributed by atoms with Gasteiger partial charge in [-0.1, -0.05) is 72.2 Å². The van der Waals surface area contributed by atoms with Crippen LogP contribution in [0.25, 0.3) is 16.6 Å². The molecule has 0 spiro atoms. The average Bonchev–Trinajstić information content (AvgIpc) is 2.80. The van der Waals surface area contributed by atoms with E-state index in [1.54, 1.807) is 34.9 Å². The zero-order valence-electron chi connectivity index (χ0n) is 17.1. The normalized spacial score (nSPS) is 12.0. The Morgan fingerprint density at radius 2 is 1.78 bits per heavy atom. The molecule has 3 aromatic carbocycles. The molecule has 0 bridgehead atoms. The van der Waals surface area contributed by atoms with Crippen molar-refractivity contribution in [1.82, 2.24) is 9.55 Å². The van der Waals surface area contributed by atoms with Gasteiger partial charge in [0.1, 0.15) is 0 Å². The third-order valence-electron chi connectivity index (χ3n) is 4.86. The number of halogens is 2. The SMILES string of the molecule is CCC(Sc1nc2ccccc2c(=O)n1-c1ccccc1)C(=O)Nc1cc(Cl)ccc1Cl. The molecule has 32 heavy (non-hydrogen) atoms. The standard InChI is InChI=1S/C24H19Cl2N3O2S/c1-2-21(22(30)27-20-14-15(25)12-13-18(20)26)32-24-28-19-11-7-6-10-17(19)23(31)29(24)16-8-4-3-5-9-16/h3-14,21H,2H2,1H3,(H,27,30). The third kappa shape index (κ3) is 4.67. The summed E-state index contributed by atoms with van der Waals surface area (Å²) >= 11 is 13.5. The zero-order chi connectivity index (χ0) is 22.7. The molecule has 0 saturated heterocycles. The predicted molar refractivity (Wildman–Crippen MR) is 132 cm³/mol. The molecule has 1 amide bonds. The van der Waals surface area contributed by atoms with Gasteiger partial charge in [-0.2, -0.15) is 0 Å². The lowest BCUT2D eigenvalue weighted by Gasteiger charge is -2.18. The molecule has 0 aliphatic rings. The molecule has 1 atom stereocenters.